The summed E-state index contributed by atoms with van der Waals surface area (Å²) in [5.74, 6) is 0.521. The van der Waals surface area contributed by atoms with Gasteiger partial charge in [0.05, 0.1) is 24.1 Å². The lowest BCUT2D eigenvalue weighted by Gasteiger charge is -2.14. The Morgan fingerprint density at radius 1 is 1.35 bits per heavy atom. The van der Waals surface area contributed by atoms with Crippen LogP contribution >= 0.6 is 0 Å². The van der Waals surface area contributed by atoms with Crippen LogP contribution in [0.5, 0.6) is 5.75 Å². The van der Waals surface area contributed by atoms with E-state index >= 15 is 0 Å². The van der Waals surface area contributed by atoms with E-state index in [1.807, 2.05) is 0 Å². The second kappa shape index (κ2) is 4.79. The van der Waals surface area contributed by atoms with Crippen molar-refractivity contribution >= 4 is 11.4 Å². The third-order valence-corrected chi connectivity index (χ3v) is 2.70. The van der Waals surface area contributed by atoms with E-state index in [-0.39, 0.29) is 6.61 Å². The first kappa shape index (κ1) is 12.0. The summed E-state index contributed by atoms with van der Waals surface area (Å²) in [4.78, 5) is 0. The van der Waals surface area contributed by atoms with Crippen LogP contribution in [-0.4, -0.2) is 35.3 Å². The van der Waals surface area contributed by atoms with Crippen LogP contribution in [0.4, 0.5) is 11.4 Å². The number of aliphatic hydroxyl groups excluding tert-OH is 2. The maximum absolute atomic E-state index is 9.53. The zero-order chi connectivity index (χ0) is 12.4. The van der Waals surface area contributed by atoms with Gasteiger partial charge in [-0.15, -0.1) is 0 Å². The first-order valence-electron chi connectivity index (χ1n) is 5.36. The highest BCUT2D eigenvalue weighted by atomic mass is 16.7. The Bertz CT molecular complexity index is 399. The summed E-state index contributed by atoms with van der Waals surface area (Å²) < 4.78 is 10.8. The van der Waals surface area contributed by atoms with Gasteiger partial charge in [0.2, 0.25) is 6.29 Å². The molecule has 1 aromatic rings. The standard InChI is InChI=1S/C11H16N2O4/c12-7-2-1-6(3-8(7)13)16-11-4-9(15)10(5-14)17-11/h1-3,9-11,14-15H,4-5,12-13H2/t9-,10+,11+/m0/s1. The zero-order valence-electron chi connectivity index (χ0n) is 9.24. The Kier molecular flexibility index (Phi) is 3.37. The molecule has 1 aliphatic rings. The van der Waals surface area contributed by atoms with Gasteiger partial charge in [0.25, 0.3) is 0 Å². The fourth-order valence-electron chi connectivity index (χ4n) is 1.71. The molecular weight excluding hydrogens is 224 g/mol. The average molecular weight is 240 g/mol. The maximum atomic E-state index is 9.53. The van der Waals surface area contributed by atoms with Crippen molar-refractivity contribution in [2.75, 3.05) is 18.1 Å². The van der Waals surface area contributed by atoms with Crippen LogP contribution in [0.3, 0.4) is 0 Å². The number of anilines is 2. The van der Waals surface area contributed by atoms with Crippen LogP contribution in [0.2, 0.25) is 0 Å². The van der Waals surface area contributed by atoms with Crippen LogP contribution < -0.4 is 16.2 Å². The van der Waals surface area contributed by atoms with Crippen LogP contribution in [0.15, 0.2) is 18.2 Å². The van der Waals surface area contributed by atoms with Gasteiger partial charge in [0, 0.05) is 12.5 Å². The quantitative estimate of drug-likeness (QED) is 0.540. The molecule has 6 nitrogen and oxygen atoms in total. The number of rotatable bonds is 3. The highest BCUT2D eigenvalue weighted by molar-refractivity contribution is 5.65. The van der Waals surface area contributed by atoms with Crippen LogP contribution in [0.25, 0.3) is 0 Å². The maximum Gasteiger partial charge on any atom is 0.202 e. The van der Waals surface area contributed by atoms with E-state index in [0.717, 1.165) is 0 Å². The molecule has 6 N–H and O–H groups in total. The third-order valence-electron chi connectivity index (χ3n) is 2.70. The molecule has 0 unspecified atom stereocenters. The molecule has 0 amide bonds. The second-order valence-corrected chi connectivity index (χ2v) is 4.00. The largest absolute Gasteiger partial charge is 0.465 e. The summed E-state index contributed by atoms with van der Waals surface area (Å²) in [6.07, 6.45) is -1.57. The van der Waals surface area contributed by atoms with Crippen molar-refractivity contribution in [1.29, 1.82) is 0 Å². The van der Waals surface area contributed by atoms with Crippen LogP contribution in [0.1, 0.15) is 6.42 Å². The minimum absolute atomic E-state index is 0.231. The molecule has 0 aliphatic carbocycles. The van der Waals surface area contributed by atoms with Gasteiger partial charge in [0.1, 0.15) is 11.9 Å². The van der Waals surface area contributed by atoms with Crippen molar-refractivity contribution in [3.8, 4) is 5.75 Å². The number of ether oxygens (including phenoxy) is 2. The van der Waals surface area contributed by atoms with Crippen molar-refractivity contribution in [2.24, 2.45) is 0 Å². The van der Waals surface area contributed by atoms with E-state index in [1.165, 1.54) is 0 Å². The molecular formula is C11H16N2O4. The third kappa shape index (κ3) is 2.60. The Morgan fingerprint density at radius 3 is 2.71 bits per heavy atom. The van der Waals surface area contributed by atoms with E-state index in [0.29, 0.717) is 23.5 Å². The van der Waals surface area contributed by atoms with Gasteiger partial charge in [-0.05, 0) is 12.1 Å². The van der Waals surface area contributed by atoms with Gasteiger partial charge in [-0.3, -0.25) is 0 Å². The Morgan fingerprint density at radius 2 is 2.12 bits per heavy atom. The van der Waals surface area contributed by atoms with E-state index in [2.05, 4.69) is 0 Å². The van der Waals surface area contributed by atoms with Crippen molar-refractivity contribution in [1.82, 2.24) is 0 Å². The molecule has 0 spiro atoms. The summed E-state index contributed by atoms with van der Waals surface area (Å²) in [5.41, 5.74) is 12.1. The predicted octanol–water partition coefficient (Wildman–Crippen LogP) is -0.302. The Hall–Kier alpha value is -1.50. The Labute approximate surface area is 98.7 Å². The van der Waals surface area contributed by atoms with Gasteiger partial charge < -0.3 is 31.2 Å². The molecule has 0 aromatic heterocycles. The van der Waals surface area contributed by atoms with Gasteiger partial charge in [-0.25, -0.2) is 0 Å². The molecule has 94 valence electrons. The molecule has 0 saturated carbocycles. The normalized spacial score (nSPS) is 28.2. The number of nitrogens with two attached hydrogens (primary N) is 2. The van der Waals surface area contributed by atoms with E-state index < -0.39 is 18.5 Å². The lowest BCUT2D eigenvalue weighted by Crippen LogP contribution is -2.24. The number of nitrogen functional groups attached to an aromatic ring is 2. The molecule has 0 radical (unpaired) electrons. The topological polar surface area (TPSA) is 111 Å². The van der Waals surface area contributed by atoms with E-state index in [4.69, 9.17) is 26.0 Å². The first-order chi connectivity index (χ1) is 8.10. The fourth-order valence-corrected chi connectivity index (χ4v) is 1.71. The molecule has 2 rings (SSSR count). The van der Waals surface area contributed by atoms with Crippen LogP contribution in [0, 0.1) is 0 Å². The fraction of sp³-hybridized carbons (Fsp3) is 0.455. The average Bonchev–Trinajstić information content (AvgIpc) is 2.64. The molecule has 1 aromatic carbocycles. The van der Waals surface area contributed by atoms with Crippen LogP contribution in [-0.2, 0) is 4.74 Å². The summed E-state index contributed by atoms with van der Waals surface area (Å²) in [7, 11) is 0. The van der Waals surface area contributed by atoms with Gasteiger partial charge in [-0.1, -0.05) is 0 Å². The number of hydrogen-bond acceptors (Lipinski definition) is 6. The van der Waals surface area contributed by atoms with E-state index in [1.54, 1.807) is 18.2 Å². The predicted molar refractivity (Wildman–Crippen MR) is 62.3 cm³/mol. The van der Waals surface area contributed by atoms with Gasteiger partial charge in [-0.2, -0.15) is 0 Å². The first-order valence-corrected chi connectivity index (χ1v) is 5.36. The summed E-state index contributed by atoms with van der Waals surface area (Å²) >= 11 is 0. The van der Waals surface area contributed by atoms with E-state index in [9.17, 15) is 5.11 Å². The summed E-state index contributed by atoms with van der Waals surface area (Å²) in [6.45, 7) is -0.231. The summed E-state index contributed by atoms with van der Waals surface area (Å²) in [5, 5.41) is 18.5. The monoisotopic (exact) mass is 240 g/mol. The Balaban J connectivity index is 2.00. The van der Waals surface area contributed by atoms with Crippen molar-refractivity contribution in [3.63, 3.8) is 0 Å². The highest BCUT2D eigenvalue weighted by Gasteiger charge is 2.34. The lowest BCUT2D eigenvalue weighted by atomic mass is 10.2. The minimum atomic E-state index is -0.712. The summed E-state index contributed by atoms with van der Waals surface area (Å²) in [6, 6.07) is 4.91. The van der Waals surface area contributed by atoms with Gasteiger partial charge in [0.15, 0.2) is 0 Å². The molecule has 17 heavy (non-hydrogen) atoms. The number of benzene rings is 1. The molecule has 6 heteroatoms. The zero-order valence-corrected chi connectivity index (χ0v) is 9.24. The number of aliphatic hydroxyl groups is 2. The smallest absolute Gasteiger partial charge is 0.202 e. The second-order valence-electron chi connectivity index (χ2n) is 4.00. The SMILES string of the molecule is Nc1ccc(O[C@H]2C[C@H](O)[C@@H](CO)O2)cc1N. The molecule has 1 aliphatic heterocycles. The van der Waals surface area contributed by atoms with Crippen molar-refractivity contribution in [3.05, 3.63) is 18.2 Å². The molecule has 1 heterocycles. The molecule has 3 atom stereocenters. The van der Waals surface area contributed by atoms with Gasteiger partial charge >= 0.3 is 0 Å². The molecule has 0 bridgehead atoms. The lowest BCUT2D eigenvalue weighted by molar-refractivity contribution is -0.0931. The van der Waals surface area contributed by atoms with Crippen molar-refractivity contribution in [2.45, 2.75) is 24.9 Å². The molecule has 1 saturated heterocycles. The number of hydrogen-bond donors (Lipinski definition) is 4. The highest BCUT2D eigenvalue weighted by Crippen LogP contribution is 2.26. The minimum Gasteiger partial charge on any atom is -0.465 e. The van der Waals surface area contributed by atoms with Crippen molar-refractivity contribution < 1.29 is 19.7 Å². The molecule has 1 fully saturated rings.